The molecule has 4 aliphatic carbocycles. The van der Waals surface area contributed by atoms with Crippen LogP contribution in [0.2, 0.25) is 0 Å². The van der Waals surface area contributed by atoms with Crippen LogP contribution in [0.1, 0.15) is 46.5 Å². The fraction of sp³-hybridized carbons (Fsp3) is 0.727. The van der Waals surface area contributed by atoms with Crippen LogP contribution in [-0.2, 0) is 9.59 Å². The molecule has 4 nitrogen and oxygen atoms in total. The van der Waals surface area contributed by atoms with Crippen molar-refractivity contribution in [1.29, 1.82) is 0 Å². The summed E-state index contributed by atoms with van der Waals surface area (Å²) in [4.78, 5) is 24.7. The van der Waals surface area contributed by atoms with E-state index in [1.807, 2.05) is 19.9 Å². The maximum Gasteiger partial charge on any atom is 0.179 e. The number of hydrogen-bond acceptors (Lipinski definition) is 4. The molecule has 0 spiro atoms. The zero-order valence-corrected chi connectivity index (χ0v) is 18.9. The second kappa shape index (κ2) is 6.26. The first-order valence-electron chi connectivity index (χ1n) is 10.1. The molecule has 8 atom stereocenters. The first-order chi connectivity index (χ1) is 13.0. The van der Waals surface area contributed by atoms with Crippen LogP contribution in [0.25, 0.3) is 0 Å². The number of ketones is 2. The summed E-state index contributed by atoms with van der Waals surface area (Å²) >= 11 is 9.86. The molecule has 0 aromatic rings. The van der Waals surface area contributed by atoms with Crippen molar-refractivity contribution in [2.24, 2.45) is 28.6 Å². The Morgan fingerprint density at radius 2 is 2.04 bits per heavy atom. The fourth-order valence-electron chi connectivity index (χ4n) is 7.24. The van der Waals surface area contributed by atoms with Crippen molar-refractivity contribution >= 4 is 39.1 Å². The number of carbonyl (C=O) groups excluding carboxylic acids is 2. The SMILES string of the molecule is C[C@@H]1CC2C3CCC4=CC(=O)C=C[C@]4(C)[C@@]3(Br)[C@@H](O)C[C@]2(C)[C@@]1(O)C(=O)CCl. The van der Waals surface area contributed by atoms with Crippen LogP contribution in [0.15, 0.2) is 23.8 Å². The molecule has 4 aliphatic rings. The minimum absolute atomic E-state index is 0.00580. The molecule has 0 amide bonds. The van der Waals surface area contributed by atoms with Crippen molar-refractivity contribution in [1.82, 2.24) is 0 Å². The predicted molar refractivity (Wildman–Crippen MR) is 111 cm³/mol. The standard InChI is InChI=1S/C22H28BrClO4/c1-12-8-16-15-5-4-13-9-14(25)6-7-19(13,2)21(15,23)17(26)10-20(16,3)22(12,28)18(27)11-24/h6-7,9,12,15-17,26,28H,4-5,8,10-11H2,1-3H3/t12-,15?,16?,17+,19+,20+,21+,22+/m1/s1. The lowest BCUT2D eigenvalue weighted by Gasteiger charge is -2.64. The van der Waals surface area contributed by atoms with Crippen LogP contribution in [0, 0.1) is 28.6 Å². The van der Waals surface area contributed by atoms with Gasteiger partial charge in [0.05, 0.1) is 16.3 Å². The van der Waals surface area contributed by atoms with Crippen LogP contribution >= 0.6 is 27.5 Å². The molecule has 0 saturated heterocycles. The summed E-state index contributed by atoms with van der Waals surface area (Å²) in [7, 11) is 0. The van der Waals surface area contributed by atoms with Gasteiger partial charge in [0.25, 0.3) is 0 Å². The van der Waals surface area contributed by atoms with E-state index in [0.717, 1.165) is 24.8 Å². The van der Waals surface area contributed by atoms with E-state index in [1.54, 1.807) is 12.2 Å². The number of carbonyl (C=O) groups is 2. The molecule has 4 rings (SSSR count). The van der Waals surface area contributed by atoms with E-state index in [-0.39, 0.29) is 35.2 Å². The van der Waals surface area contributed by atoms with Crippen molar-refractivity contribution in [3.63, 3.8) is 0 Å². The summed E-state index contributed by atoms with van der Waals surface area (Å²) in [6.07, 6.45) is 7.09. The normalized spacial score (nSPS) is 52.5. The third-order valence-electron chi connectivity index (χ3n) is 8.77. The van der Waals surface area contributed by atoms with E-state index >= 15 is 0 Å². The van der Waals surface area contributed by atoms with Crippen molar-refractivity contribution in [3.8, 4) is 0 Å². The van der Waals surface area contributed by atoms with Crippen LogP contribution < -0.4 is 0 Å². The molecule has 0 aliphatic heterocycles. The first-order valence-corrected chi connectivity index (χ1v) is 11.4. The van der Waals surface area contributed by atoms with Gasteiger partial charge in [0.2, 0.25) is 0 Å². The molecule has 3 fully saturated rings. The summed E-state index contributed by atoms with van der Waals surface area (Å²) < 4.78 is -0.638. The van der Waals surface area contributed by atoms with Gasteiger partial charge in [-0.15, -0.1) is 11.6 Å². The van der Waals surface area contributed by atoms with Gasteiger partial charge in [0.1, 0.15) is 5.60 Å². The average molecular weight is 472 g/mol. The Labute approximate surface area is 179 Å². The highest BCUT2D eigenvalue weighted by Gasteiger charge is 2.74. The van der Waals surface area contributed by atoms with Crippen molar-refractivity contribution in [2.45, 2.75) is 62.5 Å². The number of hydrogen-bond donors (Lipinski definition) is 2. The molecule has 0 aromatic carbocycles. The molecule has 2 N–H and O–H groups in total. The largest absolute Gasteiger partial charge is 0.392 e. The molecule has 2 unspecified atom stereocenters. The zero-order chi connectivity index (χ0) is 20.7. The van der Waals surface area contributed by atoms with Gasteiger partial charge >= 0.3 is 0 Å². The Kier molecular flexibility index (Phi) is 4.64. The van der Waals surface area contributed by atoms with Crippen molar-refractivity contribution < 1.29 is 19.8 Å². The Morgan fingerprint density at radius 1 is 1.36 bits per heavy atom. The summed E-state index contributed by atoms with van der Waals surface area (Å²) in [6, 6.07) is 0. The van der Waals surface area contributed by atoms with Gasteiger partial charge in [0.15, 0.2) is 11.6 Å². The van der Waals surface area contributed by atoms with Crippen LogP contribution in [0.5, 0.6) is 0 Å². The van der Waals surface area contributed by atoms with Gasteiger partial charge in [-0.05, 0) is 55.6 Å². The van der Waals surface area contributed by atoms with Crippen LogP contribution in [0.3, 0.4) is 0 Å². The third-order valence-corrected chi connectivity index (χ3v) is 11.0. The Hall–Kier alpha value is -0.490. The topological polar surface area (TPSA) is 74.6 Å². The number of rotatable bonds is 2. The smallest absolute Gasteiger partial charge is 0.179 e. The van der Waals surface area contributed by atoms with Gasteiger partial charge in [-0.1, -0.05) is 48.4 Å². The number of fused-ring (bicyclic) bond motifs is 5. The van der Waals surface area contributed by atoms with E-state index in [1.165, 1.54) is 0 Å². The third kappa shape index (κ3) is 2.20. The number of aliphatic hydroxyl groups excluding tert-OH is 1. The molecule has 154 valence electrons. The number of halogens is 2. The quantitative estimate of drug-likeness (QED) is 0.604. The number of aliphatic hydroxyl groups is 2. The lowest BCUT2D eigenvalue weighted by molar-refractivity contribution is -0.173. The van der Waals surface area contributed by atoms with Gasteiger partial charge in [-0.2, -0.15) is 0 Å². The highest BCUT2D eigenvalue weighted by atomic mass is 79.9. The Balaban J connectivity index is 1.84. The summed E-state index contributed by atoms with van der Waals surface area (Å²) in [5.74, 6) is -0.643. The Morgan fingerprint density at radius 3 is 2.68 bits per heavy atom. The monoisotopic (exact) mass is 470 g/mol. The molecule has 3 saturated carbocycles. The summed E-state index contributed by atoms with van der Waals surface area (Å²) in [5.41, 5.74) is -1.69. The van der Waals surface area contributed by atoms with Gasteiger partial charge in [0, 0.05) is 10.8 Å². The lowest BCUT2D eigenvalue weighted by atomic mass is 9.46. The van der Waals surface area contributed by atoms with E-state index in [4.69, 9.17) is 11.6 Å². The molecule has 0 heterocycles. The van der Waals surface area contributed by atoms with Crippen molar-refractivity contribution in [3.05, 3.63) is 23.8 Å². The Bertz CT molecular complexity index is 808. The minimum Gasteiger partial charge on any atom is -0.392 e. The second-order valence-electron chi connectivity index (χ2n) is 9.72. The highest BCUT2D eigenvalue weighted by Crippen LogP contribution is 2.71. The fourth-order valence-corrected chi connectivity index (χ4v) is 8.54. The lowest BCUT2D eigenvalue weighted by Crippen LogP contribution is -2.68. The molecular formula is C22H28BrClO4. The average Bonchev–Trinajstić information content (AvgIpc) is 2.84. The van der Waals surface area contributed by atoms with E-state index in [2.05, 4.69) is 22.9 Å². The van der Waals surface area contributed by atoms with E-state index < -0.39 is 26.9 Å². The van der Waals surface area contributed by atoms with Crippen molar-refractivity contribution in [2.75, 3.05) is 5.88 Å². The van der Waals surface area contributed by atoms with Gasteiger partial charge < -0.3 is 10.2 Å². The maximum atomic E-state index is 12.7. The highest BCUT2D eigenvalue weighted by molar-refractivity contribution is 9.10. The second-order valence-corrected chi connectivity index (χ2v) is 11.3. The summed E-state index contributed by atoms with van der Waals surface area (Å²) in [5, 5.41) is 23.0. The van der Waals surface area contributed by atoms with Crippen LogP contribution in [0.4, 0.5) is 0 Å². The molecule has 6 heteroatoms. The maximum absolute atomic E-state index is 12.7. The minimum atomic E-state index is -1.52. The molecular weight excluding hydrogens is 444 g/mol. The van der Waals surface area contributed by atoms with E-state index in [9.17, 15) is 19.8 Å². The number of Topliss-reactive ketones (excluding diaryl/α,β-unsaturated/α-hetero) is 1. The van der Waals surface area contributed by atoms with Gasteiger partial charge in [-0.25, -0.2) is 0 Å². The number of allylic oxidation sites excluding steroid dienone is 4. The van der Waals surface area contributed by atoms with Gasteiger partial charge in [-0.3, -0.25) is 9.59 Å². The van der Waals surface area contributed by atoms with E-state index in [0.29, 0.717) is 6.42 Å². The molecule has 0 radical (unpaired) electrons. The predicted octanol–water partition coefficient (Wildman–Crippen LogP) is 3.57. The first kappa shape index (κ1) is 20.8. The molecule has 0 aromatic heterocycles. The molecule has 0 bridgehead atoms. The molecule has 28 heavy (non-hydrogen) atoms. The zero-order valence-electron chi connectivity index (χ0n) is 16.5. The van der Waals surface area contributed by atoms with Crippen LogP contribution in [-0.4, -0.2) is 43.7 Å². The summed E-state index contributed by atoms with van der Waals surface area (Å²) in [6.45, 7) is 5.96. The number of alkyl halides is 2.